The first-order valence-electron chi connectivity index (χ1n) is 7.19. The third kappa shape index (κ3) is 3.68. The molecule has 1 saturated carbocycles. The van der Waals surface area contributed by atoms with Gasteiger partial charge in [-0.25, -0.2) is 0 Å². The van der Waals surface area contributed by atoms with Gasteiger partial charge in [-0.3, -0.25) is 4.79 Å². The van der Waals surface area contributed by atoms with Gasteiger partial charge in [0.2, 0.25) is 5.91 Å². The fraction of sp³-hybridized carbons (Fsp3) is 0.500. The van der Waals surface area contributed by atoms with E-state index in [0.717, 1.165) is 42.5 Å². The van der Waals surface area contributed by atoms with Gasteiger partial charge in [0.05, 0.1) is 23.3 Å². The fourth-order valence-electron chi connectivity index (χ4n) is 2.86. The molecule has 0 spiro atoms. The van der Waals surface area contributed by atoms with E-state index in [4.69, 9.17) is 11.6 Å². The van der Waals surface area contributed by atoms with E-state index in [9.17, 15) is 10.1 Å². The fourth-order valence-corrected chi connectivity index (χ4v) is 3.25. The van der Waals surface area contributed by atoms with E-state index in [-0.39, 0.29) is 12.5 Å². The third-order valence-corrected chi connectivity index (χ3v) is 4.21. The van der Waals surface area contributed by atoms with Crippen molar-refractivity contribution in [1.29, 1.82) is 5.26 Å². The average Bonchev–Trinajstić information content (AvgIpc) is 2.86. The molecule has 5 heteroatoms. The van der Waals surface area contributed by atoms with Gasteiger partial charge in [-0.2, -0.15) is 5.26 Å². The minimum Gasteiger partial charge on any atom is -0.375 e. The molecule has 1 aromatic rings. The Hall–Kier alpha value is -1.73. The van der Waals surface area contributed by atoms with Crippen molar-refractivity contribution in [3.63, 3.8) is 0 Å². The van der Waals surface area contributed by atoms with Crippen molar-refractivity contribution in [2.45, 2.75) is 45.1 Å². The molecule has 1 fully saturated rings. The molecular weight excluding hydrogens is 286 g/mol. The summed E-state index contributed by atoms with van der Waals surface area (Å²) in [4.78, 5) is 12.1. The Labute approximate surface area is 130 Å². The number of hydrogen-bond acceptors (Lipinski definition) is 3. The van der Waals surface area contributed by atoms with Crippen LogP contribution in [0.15, 0.2) is 12.1 Å². The van der Waals surface area contributed by atoms with Crippen LogP contribution in [0.25, 0.3) is 0 Å². The molecule has 0 aliphatic heterocycles. The molecule has 0 radical (unpaired) electrons. The van der Waals surface area contributed by atoms with Crippen LogP contribution in [-0.4, -0.2) is 18.0 Å². The van der Waals surface area contributed by atoms with Gasteiger partial charge in [0.25, 0.3) is 0 Å². The van der Waals surface area contributed by atoms with Crippen molar-refractivity contribution in [2.75, 3.05) is 11.9 Å². The van der Waals surface area contributed by atoms with Gasteiger partial charge in [-0.15, -0.1) is 0 Å². The molecule has 0 heterocycles. The molecule has 0 unspecified atom stereocenters. The standard InChI is InChI=1S/C16H20ClN3O/c1-11-7-12(2)15(13(17)8-11)19-9-14(21)20-16(10-18)5-3-4-6-16/h7-8,19H,3-6,9H2,1-2H3,(H,20,21). The molecule has 21 heavy (non-hydrogen) atoms. The van der Waals surface area contributed by atoms with Crippen LogP contribution in [0, 0.1) is 25.2 Å². The maximum atomic E-state index is 12.1. The van der Waals surface area contributed by atoms with Gasteiger partial charge in [-0.05, 0) is 56.7 Å². The van der Waals surface area contributed by atoms with Crippen molar-refractivity contribution in [2.24, 2.45) is 0 Å². The largest absolute Gasteiger partial charge is 0.375 e. The van der Waals surface area contributed by atoms with Crippen molar-refractivity contribution in [1.82, 2.24) is 5.32 Å². The Balaban J connectivity index is 1.97. The maximum absolute atomic E-state index is 12.1. The predicted molar refractivity (Wildman–Crippen MR) is 84.4 cm³/mol. The Kier molecular flexibility index (Phi) is 4.74. The zero-order valence-corrected chi connectivity index (χ0v) is 13.2. The highest BCUT2D eigenvalue weighted by Crippen LogP contribution is 2.29. The molecule has 4 nitrogen and oxygen atoms in total. The summed E-state index contributed by atoms with van der Waals surface area (Å²) < 4.78 is 0. The second kappa shape index (κ2) is 6.36. The summed E-state index contributed by atoms with van der Waals surface area (Å²) in [6.45, 7) is 4.05. The molecule has 112 valence electrons. The van der Waals surface area contributed by atoms with Gasteiger partial charge >= 0.3 is 0 Å². The minimum atomic E-state index is -0.676. The number of amides is 1. The van der Waals surface area contributed by atoms with Crippen LogP contribution in [0.2, 0.25) is 5.02 Å². The van der Waals surface area contributed by atoms with Crippen LogP contribution in [0.5, 0.6) is 0 Å². The summed E-state index contributed by atoms with van der Waals surface area (Å²) in [7, 11) is 0. The first-order valence-corrected chi connectivity index (χ1v) is 7.56. The first-order chi connectivity index (χ1) is 9.96. The van der Waals surface area contributed by atoms with E-state index in [1.54, 1.807) is 0 Å². The van der Waals surface area contributed by atoms with Crippen LogP contribution in [-0.2, 0) is 4.79 Å². The van der Waals surface area contributed by atoms with Crippen LogP contribution in [0.1, 0.15) is 36.8 Å². The van der Waals surface area contributed by atoms with E-state index in [0.29, 0.717) is 5.02 Å². The van der Waals surface area contributed by atoms with Crippen LogP contribution < -0.4 is 10.6 Å². The molecule has 1 aliphatic rings. The zero-order valence-electron chi connectivity index (χ0n) is 12.4. The molecule has 0 bridgehead atoms. The van der Waals surface area contributed by atoms with E-state index < -0.39 is 5.54 Å². The normalized spacial score (nSPS) is 16.3. The van der Waals surface area contributed by atoms with Gasteiger partial charge in [0.15, 0.2) is 0 Å². The lowest BCUT2D eigenvalue weighted by molar-refractivity contribution is -0.120. The predicted octanol–water partition coefficient (Wildman–Crippen LogP) is 3.32. The maximum Gasteiger partial charge on any atom is 0.240 e. The lowest BCUT2D eigenvalue weighted by Crippen LogP contribution is -2.47. The van der Waals surface area contributed by atoms with Crippen LogP contribution in [0.3, 0.4) is 0 Å². The van der Waals surface area contributed by atoms with Crippen molar-refractivity contribution in [3.8, 4) is 6.07 Å². The number of carbonyl (C=O) groups is 1. The van der Waals surface area contributed by atoms with Crippen molar-refractivity contribution < 1.29 is 4.79 Å². The number of hydrogen-bond donors (Lipinski definition) is 2. The first kappa shape index (κ1) is 15.7. The Morgan fingerprint density at radius 3 is 2.62 bits per heavy atom. The number of rotatable bonds is 4. The molecule has 0 atom stereocenters. The molecule has 0 saturated heterocycles. The monoisotopic (exact) mass is 305 g/mol. The molecule has 1 aliphatic carbocycles. The second-order valence-electron chi connectivity index (χ2n) is 5.74. The summed E-state index contributed by atoms with van der Waals surface area (Å²) in [6, 6.07) is 6.13. The Bertz CT molecular complexity index is 563. The van der Waals surface area contributed by atoms with Crippen LogP contribution in [0.4, 0.5) is 5.69 Å². The molecule has 0 aromatic heterocycles. The zero-order chi connectivity index (χ0) is 15.5. The van der Waals surface area contributed by atoms with Gasteiger partial charge in [-0.1, -0.05) is 17.7 Å². The van der Waals surface area contributed by atoms with E-state index in [2.05, 4.69) is 16.7 Å². The number of benzene rings is 1. The Morgan fingerprint density at radius 1 is 1.38 bits per heavy atom. The number of nitrogens with one attached hydrogen (secondary N) is 2. The van der Waals surface area contributed by atoms with Crippen LogP contribution >= 0.6 is 11.6 Å². The highest BCUT2D eigenvalue weighted by atomic mass is 35.5. The third-order valence-electron chi connectivity index (χ3n) is 3.91. The van der Waals surface area contributed by atoms with Gasteiger partial charge < -0.3 is 10.6 Å². The quantitative estimate of drug-likeness (QED) is 0.897. The summed E-state index contributed by atoms with van der Waals surface area (Å²) in [5, 5.41) is 15.8. The number of anilines is 1. The number of carbonyl (C=O) groups excluding carboxylic acids is 1. The Morgan fingerprint density at radius 2 is 2.05 bits per heavy atom. The summed E-state index contributed by atoms with van der Waals surface area (Å²) in [5.41, 5.74) is 2.19. The molecule has 1 aromatic carbocycles. The SMILES string of the molecule is Cc1cc(C)c(NCC(=O)NC2(C#N)CCCC2)c(Cl)c1. The number of aryl methyl sites for hydroxylation is 2. The highest BCUT2D eigenvalue weighted by molar-refractivity contribution is 6.33. The molecule has 2 rings (SSSR count). The van der Waals surface area contributed by atoms with E-state index in [1.165, 1.54) is 0 Å². The number of halogens is 1. The van der Waals surface area contributed by atoms with E-state index in [1.807, 2.05) is 26.0 Å². The smallest absolute Gasteiger partial charge is 0.240 e. The summed E-state index contributed by atoms with van der Waals surface area (Å²) >= 11 is 6.20. The average molecular weight is 306 g/mol. The highest BCUT2D eigenvalue weighted by Gasteiger charge is 2.35. The van der Waals surface area contributed by atoms with E-state index >= 15 is 0 Å². The second-order valence-corrected chi connectivity index (χ2v) is 6.15. The van der Waals surface area contributed by atoms with Gasteiger partial charge in [0, 0.05) is 0 Å². The number of nitrogens with zero attached hydrogens (tertiary/aromatic N) is 1. The lowest BCUT2D eigenvalue weighted by atomic mass is 10.00. The number of nitriles is 1. The minimum absolute atomic E-state index is 0.118. The van der Waals surface area contributed by atoms with Crippen molar-refractivity contribution in [3.05, 3.63) is 28.3 Å². The van der Waals surface area contributed by atoms with Crippen molar-refractivity contribution >= 4 is 23.2 Å². The topological polar surface area (TPSA) is 64.9 Å². The summed E-state index contributed by atoms with van der Waals surface area (Å²) in [6.07, 6.45) is 3.45. The molecular formula is C16H20ClN3O. The molecule has 2 N–H and O–H groups in total. The van der Waals surface area contributed by atoms with Gasteiger partial charge in [0.1, 0.15) is 5.54 Å². The lowest BCUT2D eigenvalue weighted by Gasteiger charge is -2.22. The molecule has 1 amide bonds. The summed E-state index contributed by atoms with van der Waals surface area (Å²) in [5.74, 6) is -0.172.